The third-order valence-electron chi connectivity index (χ3n) is 5.36. The van der Waals surface area contributed by atoms with Crippen molar-refractivity contribution >= 4 is 40.3 Å². The first-order valence-electron chi connectivity index (χ1n) is 10.0. The summed E-state index contributed by atoms with van der Waals surface area (Å²) in [5, 5.41) is 0.326. The number of nitrogens with zero attached hydrogens (tertiary/aromatic N) is 7. The quantitative estimate of drug-likeness (QED) is 0.655. The average Bonchev–Trinajstić information content (AvgIpc) is 2.80. The molecule has 29 heavy (non-hydrogen) atoms. The van der Waals surface area contributed by atoms with Gasteiger partial charge in [-0.1, -0.05) is 11.6 Å². The summed E-state index contributed by atoms with van der Waals surface area (Å²) in [6, 6.07) is 0. The van der Waals surface area contributed by atoms with Crippen molar-refractivity contribution in [1.29, 1.82) is 0 Å². The van der Waals surface area contributed by atoms with Crippen LogP contribution in [0.15, 0.2) is 0 Å². The molecule has 0 bridgehead atoms. The minimum absolute atomic E-state index is 0.326. The summed E-state index contributed by atoms with van der Waals surface area (Å²) in [5.41, 5.74) is 1.05. The average molecular weight is 422 g/mol. The van der Waals surface area contributed by atoms with Gasteiger partial charge in [0, 0.05) is 39.3 Å². The molecule has 3 aliphatic heterocycles. The molecule has 2 aromatic heterocycles. The normalized spacial score (nSPS) is 21.1. The van der Waals surface area contributed by atoms with Crippen molar-refractivity contribution in [2.75, 3.05) is 93.6 Å². The zero-order valence-electron chi connectivity index (χ0n) is 16.2. The summed E-state index contributed by atoms with van der Waals surface area (Å²) < 4.78 is 16.5. The van der Waals surface area contributed by atoms with E-state index in [1.807, 2.05) is 0 Å². The molecule has 0 spiro atoms. The number of aromatic nitrogens is 4. The fourth-order valence-electron chi connectivity index (χ4n) is 3.77. The van der Waals surface area contributed by atoms with Crippen molar-refractivity contribution in [2.24, 2.45) is 0 Å². The van der Waals surface area contributed by atoms with Crippen LogP contribution in [0.4, 0.5) is 17.6 Å². The van der Waals surface area contributed by atoms with Crippen LogP contribution < -0.4 is 14.7 Å². The van der Waals surface area contributed by atoms with Gasteiger partial charge in [0.25, 0.3) is 0 Å². The van der Waals surface area contributed by atoms with Crippen LogP contribution >= 0.6 is 11.6 Å². The van der Waals surface area contributed by atoms with Crippen LogP contribution in [0.2, 0.25) is 5.15 Å². The minimum atomic E-state index is 0.326. The highest BCUT2D eigenvalue weighted by Crippen LogP contribution is 2.31. The first kappa shape index (κ1) is 19.0. The van der Waals surface area contributed by atoms with Crippen LogP contribution in [0.1, 0.15) is 0 Å². The number of rotatable bonds is 3. The first-order valence-corrected chi connectivity index (χ1v) is 10.4. The van der Waals surface area contributed by atoms with Gasteiger partial charge in [-0.3, -0.25) is 0 Å². The van der Waals surface area contributed by atoms with Gasteiger partial charge >= 0.3 is 0 Å². The molecule has 3 aliphatic rings. The van der Waals surface area contributed by atoms with Crippen LogP contribution in [0.5, 0.6) is 0 Å². The Kier molecular flexibility index (Phi) is 5.49. The summed E-state index contributed by atoms with van der Waals surface area (Å²) in [6.07, 6.45) is 0. The van der Waals surface area contributed by atoms with E-state index in [9.17, 15) is 0 Å². The van der Waals surface area contributed by atoms with Gasteiger partial charge in [0.2, 0.25) is 5.95 Å². The van der Waals surface area contributed by atoms with Crippen LogP contribution in [0.25, 0.3) is 11.2 Å². The molecule has 156 valence electrons. The Morgan fingerprint density at radius 1 is 0.586 bits per heavy atom. The molecule has 0 aliphatic carbocycles. The van der Waals surface area contributed by atoms with Crippen molar-refractivity contribution in [1.82, 2.24) is 19.9 Å². The molecule has 0 saturated carbocycles. The second-order valence-corrected chi connectivity index (χ2v) is 7.51. The van der Waals surface area contributed by atoms with E-state index in [4.69, 9.17) is 40.8 Å². The molecule has 5 rings (SSSR count). The van der Waals surface area contributed by atoms with Gasteiger partial charge in [0.05, 0.1) is 39.6 Å². The van der Waals surface area contributed by atoms with Crippen molar-refractivity contribution in [3.8, 4) is 0 Å². The van der Waals surface area contributed by atoms with Gasteiger partial charge in [-0.2, -0.15) is 9.97 Å². The predicted molar refractivity (Wildman–Crippen MR) is 109 cm³/mol. The summed E-state index contributed by atoms with van der Waals surface area (Å²) >= 11 is 6.54. The number of hydrogen-bond donors (Lipinski definition) is 0. The fraction of sp³-hybridized carbons (Fsp3) is 0.667. The zero-order valence-corrected chi connectivity index (χ0v) is 17.0. The Morgan fingerprint density at radius 3 is 1.62 bits per heavy atom. The minimum Gasteiger partial charge on any atom is -0.378 e. The van der Waals surface area contributed by atoms with E-state index in [0.29, 0.717) is 61.9 Å². The predicted octanol–water partition coefficient (Wildman–Crippen LogP) is 0.583. The molecule has 11 heteroatoms. The van der Waals surface area contributed by atoms with Crippen LogP contribution in [0, 0.1) is 0 Å². The Labute approximate surface area is 173 Å². The van der Waals surface area contributed by atoms with Crippen molar-refractivity contribution in [3.63, 3.8) is 0 Å². The number of hydrogen-bond acceptors (Lipinski definition) is 10. The first-order chi connectivity index (χ1) is 14.3. The highest BCUT2D eigenvalue weighted by Gasteiger charge is 2.26. The molecule has 0 radical (unpaired) electrons. The third-order valence-corrected chi connectivity index (χ3v) is 5.62. The Hall–Kier alpha value is -2.01. The highest BCUT2D eigenvalue weighted by atomic mass is 35.5. The standard InChI is InChI=1S/C18H24ClN7O3/c19-14-13-15(23-18(21-14)26-5-11-29-12-6-26)22-17(25-3-9-28-10-4-25)16(20-13)24-1-7-27-8-2-24/h1-12H2. The van der Waals surface area contributed by atoms with Crippen LogP contribution in [-0.4, -0.2) is 98.8 Å². The van der Waals surface area contributed by atoms with Crippen molar-refractivity contribution in [3.05, 3.63) is 5.15 Å². The largest absolute Gasteiger partial charge is 0.378 e. The molecule has 0 atom stereocenters. The maximum Gasteiger partial charge on any atom is 0.229 e. The SMILES string of the molecule is Clc1nc(N2CCOCC2)nc2nc(N3CCOCC3)c(N3CCOCC3)nc12. The number of halogens is 1. The maximum absolute atomic E-state index is 6.54. The van der Waals surface area contributed by atoms with Gasteiger partial charge in [0.1, 0.15) is 5.52 Å². The molecular weight excluding hydrogens is 398 g/mol. The molecule has 3 saturated heterocycles. The molecule has 0 unspecified atom stereocenters. The van der Waals surface area contributed by atoms with Gasteiger partial charge in [-0.05, 0) is 0 Å². The van der Waals surface area contributed by atoms with E-state index in [-0.39, 0.29) is 0 Å². The number of ether oxygens (including phenoxy) is 3. The molecule has 2 aromatic rings. The number of morpholine rings is 3. The lowest BCUT2D eigenvalue weighted by molar-refractivity contribution is 0.120. The van der Waals surface area contributed by atoms with E-state index in [2.05, 4.69) is 19.7 Å². The molecule has 0 N–H and O–H groups in total. The lowest BCUT2D eigenvalue weighted by Crippen LogP contribution is -2.41. The lowest BCUT2D eigenvalue weighted by Gasteiger charge is -2.34. The summed E-state index contributed by atoms with van der Waals surface area (Å²) in [6.45, 7) is 8.53. The van der Waals surface area contributed by atoms with Gasteiger partial charge in [0.15, 0.2) is 22.4 Å². The van der Waals surface area contributed by atoms with E-state index in [1.54, 1.807) is 0 Å². The summed E-state index contributed by atoms with van der Waals surface area (Å²) in [7, 11) is 0. The second-order valence-electron chi connectivity index (χ2n) is 7.16. The Balaban J connectivity index is 1.59. The molecule has 3 fully saturated rings. The molecular formula is C18H24ClN7O3. The summed E-state index contributed by atoms with van der Waals surface area (Å²) in [4.78, 5) is 25.5. The topological polar surface area (TPSA) is 89.0 Å². The van der Waals surface area contributed by atoms with Crippen LogP contribution in [0.3, 0.4) is 0 Å². The third kappa shape index (κ3) is 3.89. The second kappa shape index (κ2) is 8.39. The summed E-state index contributed by atoms with van der Waals surface area (Å²) in [5.74, 6) is 2.21. The Morgan fingerprint density at radius 2 is 1.07 bits per heavy atom. The molecule has 0 amide bonds. The smallest absolute Gasteiger partial charge is 0.229 e. The van der Waals surface area contributed by atoms with Gasteiger partial charge in [-0.15, -0.1) is 0 Å². The van der Waals surface area contributed by atoms with E-state index >= 15 is 0 Å². The highest BCUT2D eigenvalue weighted by molar-refractivity contribution is 6.33. The number of fused-ring (bicyclic) bond motifs is 1. The Bertz CT molecular complexity index is 868. The van der Waals surface area contributed by atoms with Gasteiger partial charge < -0.3 is 28.9 Å². The van der Waals surface area contributed by atoms with E-state index in [0.717, 1.165) is 50.9 Å². The molecule has 10 nitrogen and oxygen atoms in total. The van der Waals surface area contributed by atoms with Crippen molar-refractivity contribution < 1.29 is 14.2 Å². The van der Waals surface area contributed by atoms with E-state index in [1.165, 1.54) is 0 Å². The maximum atomic E-state index is 6.54. The molecule has 0 aromatic carbocycles. The van der Waals surface area contributed by atoms with E-state index < -0.39 is 0 Å². The monoisotopic (exact) mass is 421 g/mol. The van der Waals surface area contributed by atoms with Crippen molar-refractivity contribution in [2.45, 2.75) is 0 Å². The number of anilines is 3. The lowest BCUT2D eigenvalue weighted by atomic mass is 10.3. The fourth-order valence-corrected chi connectivity index (χ4v) is 3.97. The molecule has 5 heterocycles. The zero-order chi connectivity index (χ0) is 19.6. The van der Waals surface area contributed by atoms with Gasteiger partial charge in [-0.25, -0.2) is 9.97 Å². The van der Waals surface area contributed by atoms with Crippen LogP contribution in [-0.2, 0) is 14.2 Å².